The third-order valence-corrected chi connectivity index (χ3v) is 6.27. The van der Waals surface area contributed by atoms with E-state index in [0.29, 0.717) is 11.1 Å². The van der Waals surface area contributed by atoms with Crippen LogP contribution in [0.5, 0.6) is 0 Å². The number of aliphatic hydroxyl groups is 1. The molecule has 24 heavy (non-hydrogen) atoms. The van der Waals surface area contributed by atoms with Crippen molar-refractivity contribution in [1.29, 1.82) is 0 Å². The molecule has 0 fully saturated rings. The Morgan fingerprint density at radius 2 is 2.04 bits per heavy atom. The van der Waals surface area contributed by atoms with E-state index in [0.717, 1.165) is 16.5 Å². The van der Waals surface area contributed by atoms with E-state index in [1.807, 2.05) is 6.07 Å². The topological polar surface area (TPSA) is 73.4 Å². The molecule has 5 nitrogen and oxygen atoms in total. The van der Waals surface area contributed by atoms with Crippen LogP contribution in [0, 0.1) is 5.82 Å². The van der Waals surface area contributed by atoms with Crippen LogP contribution in [-0.4, -0.2) is 36.0 Å². The van der Waals surface area contributed by atoms with E-state index < -0.39 is 10.0 Å². The predicted octanol–water partition coefficient (Wildman–Crippen LogP) is 2.47. The minimum absolute atomic E-state index is 0.0821. The maximum absolute atomic E-state index is 13.3. The van der Waals surface area contributed by atoms with Gasteiger partial charge >= 0.3 is 0 Å². The number of aromatic nitrogens is 1. The highest BCUT2D eigenvalue weighted by atomic mass is 32.2. The number of nitrogens with zero attached hydrogens (tertiary/aromatic N) is 1. The Morgan fingerprint density at radius 1 is 1.21 bits per heavy atom. The van der Waals surface area contributed by atoms with E-state index >= 15 is 0 Å². The summed E-state index contributed by atoms with van der Waals surface area (Å²) in [7, 11) is -3.53. The summed E-state index contributed by atoms with van der Waals surface area (Å²) in [6.45, 7) is 0.121. The Hall–Kier alpha value is -2.22. The molecule has 2 heterocycles. The summed E-state index contributed by atoms with van der Waals surface area (Å²) >= 11 is 0. The third-order valence-electron chi connectivity index (χ3n) is 4.33. The van der Waals surface area contributed by atoms with E-state index in [2.05, 4.69) is 4.98 Å². The van der Waals surface area contributed by atoms with Gasteiger partial charge in [-0.2, -0.15) is 4.31 Å². The molecule has 0 atom stereocenters. The van der Waals surface area contributed by atoms with Crippen LogP contribution >= 0.6 is 0 Å². The number of rotatable bonds is 3. The number of hydrogen-bond donors (Lipinski definition) is 2. The molecule has 7 heteroatoms. The zero-order valence-corrected chi connectivity index (χ0v) is 13.5. The highest BCUT2D eigenvalue weighted by Gasteiger charge is 2.34. The number of aromatic amines is 1. The average Bonchev–Trinajstić information content (AvgIpc) is 3.06. The maximum Gasteiger partial charge on any atom is 0.243 e. The van der Waals surface area contributed by atoms with E-state index in [1.54, 1.807) is 24.4 Å². The lowest BCUT2D eigenvalue weighted by molar-refractivity contribution is 0.254. The van der Waals surface area contributed by atoms with Gasteiger partial charge in [0.05, 0.1) is 11.5 Å². The molecule has 2 N–H and O–H groups in total. The van der Waals surface area contributed by atoms with Gasteiger partial charge in [0.2, 0.25) is 10.0 Å². The highest BCUT2D eigenvalue weighted by Crippen LogP contribution is 2.35. The lowest BCUT2D eigenvalue weighted by Crippen LogP contribution is -2.27. The molecule has 4 rings (SSSR count). The first-order valence-corrected chi connectivity index (χ1v) is 8.95. The van der Waals surface area contributed by atoms with Crippen molar-refractivity contribution in [2.24, 2.45) is 0 Å². The Kier molecular flexibility index (Phi) is 3.45. The SMILES string of the molecule is O=S1(=O)c2ccc(-c3c[nH]c4cc(F)ccc34)cc2CN1CCO. The van der Waals surface area contributed by atoms with E-state index in [9.17, 15) is 12.8 Å². The Labute approximate surface area is 138 Å². The molecular weight excluding hydrogens is 331 g/mol. The van der Waals surface area contributed by atoms with Gasteiger partial charge < -0.3 is 10.1 Å². The second kappa shape index (κ2) is 5.41. The first kappa shape index (κ1) is 15.3. The standard InChI is InChI=1S/C17H15FN2O3S/c18-13-2-3-14-15(9-19-16(14)8-13)11-1-4-17-12(7-11)10-20(5-6-21)24(17,22)23/h1-4,7-9,19,21H,5-6,10H2. The molecule has 0 bridgehead atoms. The number of nitrogens with one attached hydrogen (secondary N) is 1. The van der Waals surface area contributed by atoms with E-state index in [4.69, 9.17) is 5.11 Å². The fourth-order valence-electron chi connectivity index (χ4n) is 3.18. The van der Waals surface area contributed by atoms with E-state index in [1.165, 1.54) is 16.4 Å². The molecule has 3 aromatic rings. The van der Waals surface area contributed by atoms with Crippen molar-refractivity contribution in [2.75, 3.05) is 13.2 Å². The summed E-state index contributed by atoms with van der Waals surface area (Å²) in [6.07, 6.45) is 1.79. The number of aliphatic hydroxyl groups excluding tert-OH is 1. The average molecular weight is 346 g/mol. The quantitative estimate of drug-likeness (QED) is 0.765. The first-order chi connectivity index (χ1) is 11.5. The number of halogens is 1. The summed E-state index contributed by atoms with van der Waals surface area (Å²) in [5, 5.41) is 9.92. The second-order valence-electron chi connectivity index (χ2n) is 5.78. The van der Waals surface area contributed by atoms with Crippen molar-refractivity contribution in [3.8, 4) is 11.1 Å². The van der Waals surface area contributed by atoms with Crippen molar-refractivity contribution in [3.05, 3.63) is 54.0 Å². The van der Waals surface area contributed by atoms with Crippen molar-refractivity contribution in [2.45, 2.75) is 11.4 Å². The van der Waals surface area contributed by atoms with Crippen LogP contribution in [0.4, 0.5) is 4.39 Å². The number of hydrogen-bond acceptors (Lipinski definition) is 3. The number of H-pyrrole nitrogens is 1. The van der Waals surface area contributed by atoms with Gasteiger partial charge in [-0.3, -0.25) is 0 Å². The minimum Gasteiger partial charge on any atom is -0.395 e. The number of β-amino-alcohol motifs (C(OH)–C–C–N with tert-alkyl or cyclic N) is 1. The minimum atomic E-state index is -3.53. The van der Waals surface area contributed by atoms with Gasteiger partial charge in [0, 0.05) is 35.8 Å². The van der Waals surface area contributed by atoms with Gasteiger partial charge in [-0.25, -0.2) is 12.8 Å². The van der Waals surface area contributed by atoms with Crippen LogP contribution in [0.15, 0.2) is 47.5 Å². The molecule has 0 aliphatic carbocycles. The van der Waals surface area contributed by atoms with Crippen molar-refractivity contribution < 1.29 is 17.9 Å². The van der Waals surface area contributed by atoms with Crippen molar-refractivity contribution in [3.63, 3.8) is 0 Å². The summed E-state index contributed by atoms with van der Waals surface area (Å²) < 4.78 is 39.4. The van der Waals surface area contributed by atoms with Crippen LogP contribution in [0.1, 0.15) is 5.56 Å². The van der Waals surface area contributed by atoms with Gasteiger partial charge in [0.25, 0.3) is 0 Å². The summed E-state index contributed by atoms with van der Waals surface area (Å²) in [4.78, 5) is 3.32. The summed E-state index contributed by atoms with van der Waals surface area (Å²) in [6, 6.07) is 9.74. The molecule has 1 aliphatic rings. The fourth-order valence-corrected chi connectivity index (χ4v) is 4.79. The zero-order chi connectivity index (χ0) is 16.9. The first-order valence-electron chi connectivity index (χ1n) is 7.51. The third kappa shape index (κ3) is 2.24. The van der Waals surface area contributed by atoms with Crippen LogP contribution in [0.2, 0.25) is 0 Å². The molecule has 0 spiro atoms. The molecule has 124 valence electrons. The molecule has 2 aromatic carbocycles. The van der Waals surface area contributed by atoms with Crippen molar-refractivity contribution in [1.82, 2.24) is 9.29 Å². The Balaban J connectivity index is 1.81. The molecule has 0 saturated heterocycles. The molecule has 1 aromatic heterocycles. The maximum atomic E-state index is 13.3. The Bertz CT molecular complexity index is 1040. The lowest BCUT2D eigenvalue weighted by Gasteiger charge is -2.11. The lowest BCUT2D eigenvalue weighted by atomic mass is 10.0. The molecule has 0 radical (unpaired) electrons. The zero-order valence-electron chi connectivity index (χ0n) is 12.7. The molecule has 0 amide bonds. The summed E-state index contributed by atoms with van der Waals surface area (Å²) in [5.74, 6) is -0.310. The van der Waals surface area contributed by atoms with Gasteiger partial charge in [-0.05, 0) is 41.5 Å². The van der Waals surface area contributed by atoms with Crippen LogP contribution in [0.3, 0.4) is 0 Å². The van der Waals surface area contributed by atoms with Gasteiger partial charge in [0.15, 0.2) is 0 Å². The fraction of sp³-hybridized carbons (Fsp3) is 0.176. The van der Waals surface area contributed by atoms with Crippen LogP contribution in [-0.2, 0) is 16.6 Å². The number of sulfonamides is 1. The smallest absolute Gasteiger partial charge is 0.243 e. The molecule has 0 saturated carbocycles. The summed E-state index contributed by atoms with van der Waals surface area (Å²) in [5.41, 5.74) is 3.16. The predicted molar refractivity (Wildman–Crippen MR) is 88.4 cm³/mol. The normalized spacial score (nSPS) is 16.6. The Morgan fingerprint density at radius 3 is 2.83 bits per heavy atom. The van der Waals surface area contributed by atoms with E-state index in [-0.39, 0.29) is 30.4 Å². The van der Waals surface area contributed by atoms with Gasteiger partial charge in [-0.15, -0.1) is 0 Å². The monoisotopic (exact) mass is 346 g/mol. The second-order valence-corrected chi connectivity index (χ2v) is 7.68. The molecular formula is C17H15FN2O3S. The molecule has 0 unspecified atom stereocenters. The van der Waals surface area contributed by atoms with Crippen LogP contribution in [0.25, 0.3) is 22.0 Å². The van der Waals surface area contributed by atoms with Crippen molar-refractivity contribution >= 4 is 20.9 Å². The van der Waals surface area contributed by atoms with Crippen LogP contribution < -0.4 is 0 Å². The number of fused-ring (bicyclic) bond motifs is 2. The molecule has 1 aliphatic heterocycles. The van der Waals surface area contributed by atoms with Gasteiger partial charge in [-0.1, -0.05) is 6.07 Å². The number of benzene rings is 2. The van der Waals surface area contributed by atoms with Gasteiger partial charge in [0.1, 0.15) is 5.82 Å². The highest BCUT2D eigenvalue weighted by molar-refractivity contribution is 7.89. The largest absolute Gasteiger partial charge is 0.395 e.